The van der Waals surface area contributed by atoms with Crippen molar-refractivity contribution in [3.63, 3.8) is 0 Å². The molecule has 0 aliphatic rings. The normalized spacial score (nSPS) is 11.9. The van der Waals surface area contributed by atoms with Crippen molar-refractivity contribution >= 4 is 87.1 Å². The zero-order chi connectivity index (χ0) is 50.6. The van der Waals surface area contributed by atoms with Gasteiger partial charge < -0.3 is 13.4 Å². The Balaban J connectivity index is 0.784. The molecule has 0 fully saturated rings. The minimum absolute atomic E-state index is 0.578. The first kappa shape index (κ1) is 42.9. The molecule has 0 aliphatic carbocycles. The van der Waals surface area contributed by atoms with Crippen LogP contribution in [0.3, 0.4) is 0 Å². The van der Waals surface area contributed by atoms with Crippen LogP contribution in [0.4, 0.5) is 0 Å². The molecule has 8 heteroatoms. The van der Waals surface area contributed by atoms with E-state index in [2.05, 4.69) is 199 Å². The van der Waals surface area contributed by atoms with Crippen LogP contribution >= 0.6 is 0 Å². The number of hydrogen-bond donors (Lipinski definition) is 0. The first-order valence-corrected chi connectivity index (χ1v) is 25.7. The lowest BCUT2D eigenvalue weighted by Crippen LogP contribution is -2.00. The van der Waals surface area contributed by atoms with Crippen molar-refractivity contribution in [2.24, 2.45) is 0 Å². The molecule has 16 rings (SSSR count). The molecule has 12 aromatic carbocycles. The van der Waals surface area contributed by atoms with E-state index < -0.39 is 0 Å². The molecule has 77 heavy (non-hydrogen) atoms. The zero-order valence-electron chi connectivity index (χ0n) is 41.1. The van der Waals surface area contributed by atoms with Gasteiger partial charge in [-0.05, 0) is 163 Å². The smallest absolute Gasteiger partial charge is 0.227 e. The fourth-order valence-electron chi connectivity index (χ4n) is 11.1. The summed E-state index contributed by atoms with van der Waals surface area (Å²) in [5.74, 6) is 2.92. The third-order valence-corrected chi connectivity index (χ3v) is 15.0. The van der Waals surface area contributed by atoms with Gasteiger partial charge in [-0.3, -0.25) is 0 Å². The van der Waals surface area contributed by atoms with Crippen LogP contribution in [0.2, 0.25) is 0 Å². The molecule has 0 saturated carbocycles. The van der Waals surface area contributed by atoms with Crippen molar-refractivity contribution in [3.05, 3.63) is 243 Å². The van der Waals surface area contributed by atoms with Crippen molar-refractivity contribution in [1.82, 2.24) is 29.5 Å². The molecule has 4 heterocycles. The molecule has 0 bridgehead atoms. The van der Waals surface area contributed by atoms with E-state index in [1.165, 1.54) is 32.6 Å². The summed E-state index contributed by atoms with van der Waals surface area (Å²) in [5.41, 5.74) is 13.5. The van der Waals surface area contributed by atoms with Crippen LogP contribution in [0.15, 0.2) is 251 Å². The Labute approximate surface area is 439 Å². The van der Waals surface area contributed by atoms with Crippen molar-refractivity contribution in [2.45, 2.75) is 0 Å². The van der Waals surface area contributed by atoms with Gasteiger partial charge in [0, 0.05) is 44.3 Å². The van der Waals surface area contributed by atoms with Crippen molar-refractivity contribution in [2.75, 3.05) is 0 Å². The van der Waals surface area contributed by atoms with Gasteiger partial charge in [0.2, 0.25) is 11.8 Å². The lowest BCUT2D eigenvalue weighted by molar-refractivity contribution is 0.619. The number of oxazole rings is 2. The number of para-hydroxylation sites is 5. The molecule has 0 saturated heterocycles. The summed E-state index contributed by atoms with van der Waals surface area (Å²) in [4.78, 5) is 25.1. The molecular weight excluding hydrogens is 945 g/mol. The van der Waals surface area contributed by atoms with Crippen LogP contribution in [0.1, 0.15) is 0 Å². The fourth-order valence-corrected chi connectivity index (χ4v) is 11.1. The van der Waals surface area contributed by atoms with E-state index in [1.807, 2.05) is 48.5 Å². The van der Waals surface area contributed by atoms with E-state index in [-0.39, 0.29) is 0 Å². The Bertz CT molecular complexity index is 4830. The van der Waals surface area contributed by atoms with Crippen LogP contribution in [0.25, 0.3) is 161 Å². The number of fused-ring (bicyclic) bond motifs is 9. The molecule has 0 atom stereocenters. The van der Waals surface area contributed by atoms with Gasteiger partial charge in [-0.15, -0.1) is 0 Å². The molecule has 8 nitrogen and oxygen atoms in total. The van der Waals surface area contributed by atoms with Crippen molar-refractivity contribution in [1.29, 1.82) is 0 Å². The predicted molar refractivity (Wildman–Crippen MR) is 312 cm³/mol. The van der Waals surface area contributed by atoms with E-state index in [0.717, 1.165) is 99.1 Å². The largest absolute Gasteiger partial charge is 0.436 e. The maximum absolute atomic E-state index is 6.13. The second-order valence-corrected chi connectivity index (χ2v) is 19.7. The topological polar surface area (TPSA) is 95.7 Å². The molecule has 16 aromatic rings. The SMILES string of the molecule is c1ccc(-n2c3ccc(-c4ccc5cc(-c6nc(-c7ccc8cc(-c9nc%10ccccc%10o9)ccc8c7)nc(-c7ccc8cc(-c9nc%10ccccc%10o9)ccc8c7)n6)ccc5c4)cc3c3cc4ccccc4cc32)cc1. The number of benzene rings is 12. The summed E-state index contributed by atoms with van der Waals surface area (Å²) in [6.07, 6.45) is 0. The summed E-state index contributed by atoms with van der Waals surface area (Å²) >= 11 is 0. The Morgan fingerprint density at radius 2 is 0.636 bits per heavy atom. The maximum Gasteiger partial charge on any atom is 0.227 e. The monoisotopic (exact) mass is 984 g/mol. The molecule has 0 unspecified atom stereocenters. The third-order valence-electron chi connectivity index (χ3n) is 15.0. The van der Waals surface area contributed by atoms with Crippen LogP contribution in [0, 0.1) is 0 Å². The highest BCUT2D eigenvalue weighted by Crippen LogP contribution is 2.39. The Morgan fingerprint density at radius 3 is 1.16 bits per heavy atom. The van der Waals surface area contributed by atoms with Crippen LogP contribution < -0.4 is 0 Å². The van der Waals surface area contributed by atoms with Gasteiger partial charge >= 0.3 is 0 Å². The Kier molecular flexibility index (Phi) is 9.46. The average molecular weight is 985 g/mol. The van der Waals surface area contributed by atoms with Gasteiger partial charge in [-0.2, -0.15) is 0 Å². The van der Waals surface area contributed by atoms with E-state index in [1.54, 1.807) is 0 Å². The van der Waals surface area contributed by atoms with E-state index >= 15 is 0 Å². The average Bonchev–Trinajstić information content (AvgIpc) is 4.33. The number of hydrogen-bond acceptors (Lipinski definition) is 7. The van der Waals surface area contributed by atoms with Crippen LogP contribution in [-0.2, 0) is 0 Å². The van der Waals surface area contributed by atoms with E-state index in [0.29, 0.717) is 29.3 Å². The molecule has 358 valence electrons. The van der Waals surface area contributed by atoms with E-state index in [4.69, 9.17) is 33.8 Å². The molecule has 4 aromatic heterocycles. The molecule has 0 N–H and O–H groups in total. The standard InChI is InChI=1S/C69H40N6O2/c1-2-12-56(13-3-1)75-61-31-30-50(39-57(61)58-38-41-10-4-5-11-42(41)40-62(58)75)44-18-19-45-33-51(25-20-43(45)32-44)65-72-66(52-26-21-48-36-54(28-23-46(48)34-52)68-70-59-14-6-8-16-63(59)76-68)74-67(73-65)53-27-22-49-37-55(29-24-47(49)35-53)69-71-60-15-7-9-17-64(60)77-69/h1-40H. The van der Waals surface area contributed by atoms with Gasteiger partial charge in [0.05, 0.1) is 11.0 Å². The molecule has 0 radical (unpaired) electrons. The first-order valence-electron chi connectivity index (χ1n) is 25.7. The number of aromatic nitrogens is 6. The predicted octanol–water partition coefficient (Wildman–Crippen LogP) is 17.9. The quantitative estimate of drug-likeness (QED) is 0.157. The summed E-state index contributed by atoms with van der Waals surface area (Å²) in [6, 6.07) is 84.9. The van der Waals surface area contributed by atoms with E-state index in [9.17, 15) is 0 Å². The lowest BCUT2D eigenvalue weighted by atomic mass is 9.98. The summed E-state index contributed by atoms with van der Waals surface area (Å²) < 4.78 is 14.6. The highest BCUT2D eigenvalue weighted by Gasteiger charge is 2.18. The van der Waals surface area contributed by atoms with Gasteiger partial charge in [-0.25, -0.2) is 24.9 Å². The van der Waals surface area contributed by atoms with Gasteiger partial charge in [0.1, 0.15) is 11.0 Å². The third kappa shape index (κ3) is 7.34. The summed E-state index contributed by atoms with van der Waals surface area (Å²) in [6.45, 7) is 0. The summed E-state index contributed by atoms with van der Waals surface area (Å²) in [7, 11) is 0. The highest BCUT2D eigenvalue weighted by molar-refractivity contribution is 6.14. The summed E-state index contributed by atoms with van der Waals surface area (Å²) in [5, 5.41) is 11.3. The maximum atomic E-state index is 6.13. The van der Waals surface area contributed by atoms with Gasteiger partial charge in [-0.1, -0.05) is 133 Å². The molecule has 0 spiro atoms. The Morgan fingerprint density at radius 1 is 0.260 bits per heavy atom. The van der Waals surface area contributed by atoms with Crippen molar-refractivity contribution < 1.29 is 8.83 Å². The van der Waals surface area contributed by atoms with Gasteiger partial charge in [0.25, 0.3) is 0 Å². The first-order chi connectivity index (χ1) is 38.0. The molecule has 0 aliphatic heterocycles. The highest BCUT2D eigenvalue weighted by atomic mass is 16.4. The van der Waals surface area contributed by atoms with Gasteiger partial charge in [0.15, 0.2) is 28.6 Å². The number of rotatable bonds is 7. The molecular formula is C69H40N6O2. The lowest BCUT2D eigenvalue weighted by Gasteiger charge is -2.11. The minimum Gasteiger partial charge on any atom is -0.436 e. The minimum atomic E-state index is 0.578. The zero-order valence-corrected chi connectivity index (χ0v) is 41.1. The fraction of sp³-hybridized carbons (Fsp3) is 0. The molecule has 0 amide bonds. The van der Waals surface area contributed by atoms with Crippen LogP contribution in [0.5, 0.6) is 0 Å². The number of nitrogens with zero attached hydrogens (tertiary/aromatic N) is 6. The van der Waals surface area contributed by atoms with Crippen LogP contribution in [-0.4, -0.2) is 29.5 Å². The second-order valence-electron chi connectivity index (χ2n) is 19.7. The van der Waals surface area contributed by atoms with Crippen molar-refractivity contribution in [3.8, 4) is 73.9 Å². The Hall–Kier alpha value is -10.6. The second kappa shape index (κ2) is 17.0.